The molecular weight excluding hydrogens is 359 g/mol. The van der Waals surface area contributed by atoms with E-state index in [0.29, 0.717) is 8.04 Å². The van der Waals surface area contributed by atoms with Crippen molar-refractivity contribution in [3.05, 3.63) is 36.0 Å². The highest BCUT2D eigenvalue weighted by Crippen LogP contribution is 2.24. The molecule has 0 spiro atoms. The molecule has 14 heavy (non-hydrogen) atoms. The van der Waals surface area contributed by atoms with Crippen molar-refractivity contribution in [2.45, 2.75) is 19.8 Å². The molecule has 0 saturated carbocycles. The van der Waals surface area contributed by atoms with Crippen LogP contribution >= 0.6 is 38.5 Å². The molecule has 0 radical (unpaired) electrons. The molecule has 0 heterocycles. The first-order valence-corrected chi connectivity index (χ1v) is 6.03. The van der Waals surface area contributed by atoms with Crippen LogP contribution in [0.3, 0.4) is 0 Å². The average Bonchev–Trinajstić information content (AvgIpc) is 2.21. The molecule has 76 valence electrons. The Bertz CT molecular complexity index is 416. The van der Waals surface area contributed by atoms with Gasteiger partial charge in [0.1, 0.15) is 0 Å². The van der Waals surface area contributed by atoms with Crippen molar-refractivity contribution in [1.29, 1.82) is 0 Å². The summed E-state index contributed by atoms with van der Waals surface area (Å²) in [5.74, 6) is 0.0593. The van der Waals surface area contributed by atoms with Crippen LogP contribution in [0.15, 0.2) is 21.4 Å². The zero-order valence-electron chi connectivity index (χ0n) is 7.84. The maximum Gasteiger partial charge on any atom is 0.235 e. The Balaban J connectivity index is 3.63. The summed E-state index contributed by atoms with van der Waals surface area (Å²) in [6.45, 7) is 4.01. The lowest BCUT2D eigenvalue weighted by Crippen LogP contribution is -2.02. The van der Waals surface area contributed by atoms with E-state index in [9.17, 15) is 9.90 Å². The highest BCUT2D eigenvalue weighted by Gasteiger charge is 2.11. The van der Waals surface area contributed by atoms with Crippen LogP contribution in [0.5, 0.6) is 5.75 Å². The van der Waals surface area contributed by atoms with E-state index in [2.05, 4.69) is 15.9 Å². The topological polar surface area (TPSA) is 37.3 Å². The van der Waals surface area contributed by atoms with Gasteiger partial charge in [0.15, 0.2) is 5.75 Å². The minimum Gasteiger partial charge on any atom is -0.503 e. The minimum absolute atomic E-state index is 0.190. The van der Waals surface area contributed by atoms with Crippen LogP contribution in [-0.2, 0) is 0 Å². The number of rotatable bonds is 1. The van der Waals surface area contributed by atoms with Gasteiger partial charge in [0.2, 0.25) is 5.43 Å². The van der Waals surface area contributed by atoms with Gasteiger partial charge in [-0.05, 0) is 56.1 Å². The van der Waals surface area contributed by atoms with E-state index in [1.807, 2.05) is 42.5 Å². The molecule has 1 rings (SSSR count). The van der Waals surface area contributed by atoms with Crippen molar-refractivity contribution >= 4 is 38.5 Å². The molecule has 1 aromatic rings. The molecule has 1 N–H and O–H groups in total. The van der Waals surface area contributed by atoms with Gasteiger partial charge in [-0.15, -0.1) is 0 Å². The Morgan fingerprint density at radius 1 is 1.43 bits per heavy atom. The summed E-state index contributed by atoms with van der Waals surface area (Å²) in [5, 5.41) is 9.50. The second-order valence-electron chi connectivity index (χ2n) is 3.28. The van der Waals surface area contributed by atoms with Crippen LogP contribution in [0.4, 0.5) is 0 Å². The SMILES string of the molecule is CC(C)c1ccc(I)c(O)c(=O)c1Br. The quantitative estimate of drug-likeness (QED) is 0.772. The number of halogens is 2. The molecule has 0 amide bonds. The maximum absolute atomic E-state index is 11.6. The summed E-state index contributed by atoms with van der Waals surface area (Å²) < 4.78 is 1.02. The third-order valence-corrected chi connectivity index (χ3v) is 3.61. The van der Waals surface area contributed by atoms with Gasteiger partial charge in [-0.25, -0.2) is 0 Å². The molecule has 0 aliphatic carbocycles. The first-order valence-electron chi connectivity index (χ1n) is 4.16. The van der Waals surface area contributed by atoms with Gasteiger partial charge in [-0.2, -0.15) is 0 Å². The van der Waals surface area contributed by atoms with E-state index in [-0.39, 0.29) is 17.1 Å². The lowest BCUT2D eigenvalue weighted by molar-refractivity contribution is 0.466. The van der Waals surface area contributed by atoms with E-state index in [1.54, 1.807) is 6.07 Å². The van der Waals surface area contributed by atoms with Gasteiger partial charge >= 0.3 is 0 Å². The Labute approximate surface area is 105 Å². The molecule has 0 aromatic heterocycles. The lowest BCUT2D eigenvalue weighted by Gasteiger charge is -2.02. The van der Waals surface area contributed by atoms with E-state index in [4.69, 9.17) is 0 Å². The van der Waals surface area contributed by atoms with Crippen molar-refractivity contribution < 1.29 is 5.11 Å². The van der Waals surface area contributed by atoms with Gasteiger partial charge in [0.05, 0.1) is 8.04 Å². The van der Waals surface area contributed by atoms with Crippen LogP contribution in [0, 0.1) is 3.57 Å². The van der Waals surface area contributed by atoms with Crippen LogP contribution < -0.4 is 5.43 Å². The second-order valence-corrected chi connectivity index (χ2v) is 5.24. The fraction of sp³-hybridized carbons (Fsp3) is 0.300. The Morgan fingerprint density at radius 2 is 2.00 bits per heavy atom. The first-order chi connectivity index (χ1) is 6.45. The van der Waals surface area contributed by atoms with Crippen molar-refractivity contribution in [3.63, 3.8) is 0 Å². The van der Waals surface area contributed by atoms with Crippen LogP contribution in [0.1, 0.15) is 25.3 Å². The van der Waals surface area contributed by atoms with Gasteiger partial charge in [0, 0.05) is 0 Å². The number of aromatic hydroxyl groups is 1. The molecule has 0 aliphatic rings. The summed E-state index contributed by atoms with van der Waals surface area (Å²) in [6, 6.07) is 3.61. The van der Waals surface area contributed by atoms with Crippen molar-refractivity contribution in [2.24, 2.45) is 0 Å². The molecule has 0 unspecified atom stereocenters. The zero-order valence-corrected chi connectivity index (χ0v) is 11.6. The van der Waals surface area contributed by atoms with Crippen LogP contribution in [0.25, 0.3) is 0 Å². The highest BCUT2D eigenvalue weighted by molar-refractivity contribution is 14.1. The second kappa shape index (κ2) is 4.61. The monoisotopic (exact) mass is 368 g/mol. The minimum atomic E-state index is -0.344. The zero-order chi connectivity index (χ0) is 10.9. The summed E-state index contributed by atoms with van der Waals surface area (Å²) in [7, 11) is 0. The average molecular weight is 369 g/mol. The van der Waals surface area contributed by atoms with Gasteiger partial charge in [-0.1, -0.05) is 19.9 Å². The molecule has 0 atom stereocenters. The van der Waals surface area contributed by atoms with E-state index in [1.165, 1.54) is 0 Å². The highest BCUT2D eigenvalue weighted by atomic mass is 127. The van der Waals surface area contributed by atoms with Gasteiger partial charge in [-0.3, -0.25) is 4.79 Å². The Kier molecular flexibility index (Phi) is 3.94. The number of hydrogen-bond acceptors (Lipinski definition) is 2. The molecule has 4 heteroatoms. The Hall–Kier alpha value is -0.100. The third-order valence-electron chi connectivity index (χ3n) is 1.93. The van der Waals surface area contributed by atoms with Crippen molar-refractivity contribution in [1.82, 2.24) is 0 Å². The van der Waals surface area contributed by atoms with Gasteiger partial charge < -0.3 is 5.11 Å². The molecule has 0 fully saturated rings. The molecular formula is C10H10BrIO2. The van der Waals surface area contributed by atoms with Crippen molar-refractivity contribution in [3.8, 4) is 5.75 Å². The predicted octanol–water partition coefficient (Wildman–Crippen LogP) is 3.24. The normalized spacial score (nSPS) is 10.6. The molecule has 0 aliphatic heterocycles. The summed E-state index contributed by atoms with van der Waals surface area (Å²) in [6.07, 6.45) is 0. The van der Waals surface area contributed by atoms with Crippen LogP contribution in [0.2, 0.25) is 0 Å². The van der Waals surface area contributed by atoms with Gasteiger partial charge in [0.25, 0.3) is 0 Å². The fourth-order valence-electron chi connectivity index (χ4n) is 1.10. The number of hydrogen-bond donors (Lipinski definition) is 1. The maximum atomic E-state index is 11.6. The smallest absolute Gasteiger partial charge is 0.235 e. The predicted molar refractivity (Wildman–Crippen MR) is 68.9 cm³/mol. The first kappa shape index (κ1) is 12.0. The molecule has 1 aromatic carbocycles. The fourth-order valence-corrected chi connectivity index (χ4v) is 2.31. The lowest BCUT2D eigenvalue weighted by atomic mass is 10.1. The van der Waals surface area contributed by atoms with Crippen LogP contribution in [-0.4, -0.2) is 5.11 Å². The summed E-state index contributed by atoms with van der Waals surface area (Å²) in [4.78, 5) is 11.6. The summed E-state index contributed by atoms with van der Waals surface area (Å²) in [5.41, 5.74) is 0.566. The van der Waals surface area contributed by atoms with Crippen molar-refractivity contribution in [2.75, 3.05) is 0 Å². The molecule has 0 saturated heterocycles. The molecule has 0 bridgehead atoms. The van der Waals surface area contributed by atoms with E-state index >= 15 is 0 Å². The largest absolute Gasteiger partial charge is 0.503 e. The van der Waals surface area contributed by atoms with E-state index in [0.717, 1.165) is 5.56 Å². The third kappa shape index (κ3) is 2.28. The molecule has 2 nitrogen and oxygen atoms in total. The standard InChI is InChI=1S/C10H10BrIO2/c1-5(2)6-3-4-7(12)9(13)10(14)8(6)11/h3-5H,1-2H3,(H,13,14). The summed E-state index contributed by atoms with van der Waals surface area (Å²) >= 11 is 5.16. The Morgan fingerprint density at radius 3 is 2.50 bits per heavy atom. The van der Waals surface area contributed by atoms with E-state index < -0.39 is 0 Å².